The third kappa shape index (κ3) is 2.60. The number of aromatic nitrogens is 1. The van der Waals surface area contributed by atoms with E-state index < -0.39 is 0 Å². The van der Waals surface area contributed by atoms with Gasteiger partial charge in [0.05, 0.1) is 5.51 Å². The van der Waals surface area contributed by atoms with Crippen molar-refractivity contribution in [3.05, 3.63) is 64.6 Å². The summed E-state index contributed by atoms with van der Waals surface area (Å²) >= 11 is 1.70. The van der Waals surface area contributed by atoms with Gasteiger partial charge in [-0.2, -0.15) is 0 Å². The van der Waals surface area contributed by atoms with Crippen LogP contribution in [0.1, 0.15) is 36.4 Å². The van der Waals surface area contributed by atoms with Gasteiger partial charge in [-0.05, 0) is 30.2 Å². The Balaban J connectivity index is 1.87. The zero-order valence-electron chi connectivity index (χ0n) is 11.7. The first kappa shape index (κ1) is 13.3. The molecule has 1 N–H and O–H groups in total. The molecule has 20 heavy (non-hydrogen) atoms. The lowest BCUT2D eigenvalue weighted by atomic mass is 9.99. The molecule has 1 aromatic heterocycles. The van der Waals surface area contributed by atoms with Gasteiger partial charge < -0.3 is 5.32 Å². The fraction of sp³-hybridized carbons (Fsp3) is 0.235. The molecule has 0 fully saturated rings. The molecule has 1 heterocycles. The largest absolute Gasteiger partial charge is 0.303 e. The molecule has 0 aliphatic rings. The van der Waals surface area contributed by atoms with Crippen LogP contribution in [0.5, 0.6) is 0 Å². The van der Waals surface area contributed by atoms with Crippen LogP contribution in [-0.2, 0) is 0 Å². The van der Waals surface area contributed by atoms with Crippen molar-refractivity contribution in [3.8, 4) is 0 Å². The van der Waals surface area contributed by atoms with Crippen LogP contribution in [0.25, 0.3) is 10.8 Å². The number of rotatable bonds is 4. The predicted octanol–water partition coefficient (Wildman–Crippen LogP) is 4.71. The Morgan fingerprint density at radius 2 is 1.80 bits per heavy atom. The summed E-state index contributed by atoms with van der Waals surface area (Å²) in [5.74, 6) is 0. The van der Waals surface area contributed by atoms with Gasteiger partial charge in [0.25, 0.3) is 0 Å². The van der Waals surface area contributed by atoms with Crippen LogP contribution in [0, 0.1) is 0 Å². The summed E-state index contributed by atoms with van der Waals surface area (Å²) < 4.78 is 0. The second-order valence-electron chi connectivity index (χ2n) is 5.08. The van der Waals surface area contributed by atoms with Gasteiger partial charge in [0.15, 0.2) is 0 Å². The monoisotopic (exact) mass is 282 g/mol. The van der Waals surface area contributed by atoms with Crippen LogP contribution in [0.2, 0.25) is 0 Å². The van der Waals surface area contributed by atoms with Crippen LogP contribution >= 0.6 is 11.3 Å². The summed E-state index contributed by atoms with van der Waals surface area (Å²) in [6.45, 7) is 4.41. The molecule has 0 spiro atoms. The molecule has 2 nitrogen and oxygen atoms in total. The molecular formula is C17H18N2S. The summed E-state index contributed by atoms with van der Waals surface area (Å²) in [6.07, 6.45) is 1.94. The van der Waals surface area contributed by atoms with Crippen LogP contribution in [0.15, 0.2) is 54.2 Å². The summed E-state index contributed by atoms with van der Waals surface area (Å²) in [6, 6.07) is 15.7. The smallest absolute Gasteiger partial charge is 0.0794 e. The lowest BCUT2D eigenvalue weighted by molar-refractivity contribution is 0.502. The van der Waals surface area contributed by atoms with Crippen molar-refractivity contribution in [1.82, 2.24) is 10.3 Å². The van der Waals surface area contributed by atoms with Gasteiger partial charge in [0, 0.05) is 23.2 Å². The number of hydrogen-bond acceptors (Lipinski definition) is 3. The fourth-order valence-corrected chi connectivity index (χ4v) is 3.25. The third-order valence-corrected chi connectivity index (χ3v) is 4.63. The highest BCUT2D eigenvalue weighted by molar-refractivity contribution is 7.09. The first-order valence-electron chi connectivity index (χ1n) is 6.88. The predicted molar refractivity (Wildman–Crippen MR) is 86.0 cm³/mol. The fourth-order valence-electron chi connectivity index (χ4n) is 2.61. The normalized spacial score (nSPS) is 14.3. The van der Waals surface area contributed by atoms with Crippen molar-refractivity contribution in [2.45, 2.75) is 25.9 Å². The van der Waals surface area contributed by atoms with Crippen LogP contribution in [0.3, 0.4) is 0 Å². The Morgan fingerprint density at radius 3 is 2.60 bits per heavy atom. The van der Waals surface area contributed by atoms with Crippen molar-refractivity contribution in [3.63, 3.8) is 0 Å². The second kappa shape index (κ2) is 5.73. The molecular weight excluding hydrogens is 264 g/mol. The molecule has 0 aliphatic carbocycles. The number of nitrogens with zero attached hydrogens (tertiary/aromatic N) is 1. The Hall–Kier alpha value is -1.71. The number of nitrogens with one attached hydrogen (secondary N) is 1. The van der Waals surface area contributed by atoms with E-state index in [1.165, 1.54) is 21.2 Å². The topological polar surface area (TPSA) is 24.9 Å². The molecule has 3 heteroatoms. The number of thiazole rings is 1. The number of benzene rings is 2. The van der Waals surface area contributed by atoms with E-state index in [1.54, 1.807) is 11.3 Å². The van der Waals surface area contributed by atoms with Gasteiger partial charge in [-0.1, -0.05) is 42.5 Å². The quantitative estimate of drug-likeness (QED) is 0.749. The Kier molecular flexibility index (Phi) is 3.81. The van der Waals surface area contributed by atoms with Crippen LogP contribution < -0.4 is 5.32 Å². The van der Waals surface area contributed by atoms with E-state index in [0.29, 0.717) is 12.1 Å². The lowest BCUT2D eigenvalue weighted by Gasteiger charge is -2.20. The van der Waals surface area contributed by atoms with E-state index in [0.717, 1.165) is 0 Å². The molecule has 102 valence electrons. The van der Waals surface area contributed by atoms with Gasteiger partial charge >= 0.3 is 0 Å². The summed E-state index contributed by atoms with van der Waals surface area (Å²) in [5.41, 5.74) is 3.23. The molecule has 3 rings (SSSR count). The number of fused-ring (bicyclic) bond motifs is 1. The van der Waals surface area contributed by atoms with Crippen molar-refractivity contribution < 1.29 is 0 Å². The Labute approximate surface area is 123 Å². The summed E-state index contributed by atoms with van der Waals surface area (Å²) in [4.78, 5) is 5.43. The van der Waals surface area contributed by atoms with E-state index in [4.69, 9.17) is 0 Å². The highest BCUT2D eigenvalue weighted by Gasteiger charge is 2.14. The molecule has 0 saturated heterocycles. The van der Waals surface area contributed by atoms with Gasteiger partial charge in [-0.3, -0.25) is 4.98 Å². The van der Waals surface area contributed by atoms with Gasteiger partial charge in [-0.15, -0.1) is 11.3 Å². The molecule has 0 radical (unpaired) electrons. The minimum atomic E-state index is 0.304. The summed E-state index contributed by atoms with van der Waals surface area (Å²) in [5, 5.41) is 6.28. The molecule has 0 bridgehead atoms. The second-order valence-corrected chi connectivity index (χ2v) is 6.00. The minimum absolute atomic E-state index is 0.304. The van der Waals surface area contributed by atoms with Crippen LogP contribution in [0.4, 0.5) is 0 Å². The van der Waals surface area contributed by atoms with E-state index in [1.807, 2.05) is 11.7 Å². The first-order valence-corrected chi connectivity index (χ1v) is 7.76. The van der Waals surface area contributed by atoms with Gasteiger partial charge in [0.2, 0.25) is 0 Å². The van der Waals surface area contributed by atoms with Crippen molar-refractivity contribution >= 4 is 22.1 Å². The van der Waals surface area contributed by atoms with Gasteiger partial charge in [-0.25, -0.2) is 0 Å². The molecule has 2 unspecified atom stereocenters. The maximum absolute atomic E-state index is 4.15. The molecule has 0 aliphatic heterocycles. The van der Waals surface area contributed by atoms with Crippen molar-refractivity contribution in [2.75, 3.05) is 0 Å². The SMILES string of the molecule is CC(NC(C)c1cccc2ccccc12)c1cncs1. The Morgan fingerprint density at radius 1 is 1.00 bits per heavy atom. The van der Waals surface area contributed by atoms with Crippen molar-refractivity contribution in [2.24, 2.45) is 0 Å². The maximum Gasteiger partial charge on any atom is 0.0794 e. The van der Waals surface area contributed by atoms with Gasteiger partial charge in [0.1, 0.15) is 0 Å². The number of hydrogen-bond donors (Lipinski definition) is 1. The molecule has 3 aromatic rings. The zero-order valence-corrected chi connectivity index (χ0v) is 12.5. The average molecular weight is 282 g/mol. The molecule has 2 aromatic carbocycles. The third-order valence-electron chi connectivity index (χ3n) is 3.67. The van der Waals surface area contributed by atoms with E-state index in [2.05, 4.69) is 66.6 Å². The van der Waals surface area contributed by atoms with Crippen LogP contribution in [-0.4, -0.2) is 4.98 Å². The highest BCUT2D eigenvalue weighted by atomic mass is 32.1. The zero-order chi connectivity index (χ0) is 13.9. The summed E-state index contributed by atoms with van der Waals surface area (Å²) in [7, 11) is 0. The van der Waals surface area contributed by atoms with E-state index in [-0.39, 0.29) is 0 Å². The van der Waals surface area contributed by atoms with E-state index in [9.17, 15) is 0 Å². The van der Waals surface area contributed by atoms with Crippen molar-refractivity contribution in [1.29, 1.82) is 0 Å². The standard InChI is InChI=1S/C17H18N2S/c1-12(19-13(2)17-10-18-11-20-17)15-9-5-7-14-6-3-4-8-16(14)15/h3-13,19H,1-2H3. The average Bonchev–Trinajstić information content (AvgIpc) is 3.01. The molecule has 2 atom stereocenters. The lowest BCUT2D eigenvalue weighted by Crippen LogP contribution is -2.22. The Bertz CT molecular complexity index is 686. The first-order chi connectivity index (χ1) is 9.75. The maximum atomic E-state index is 4.15. The molecule has 0 amide bonds. The molecule has 0 saturated carbocycles. The highest BCUT2D eigenvalue weighted by Crippen LogP contribution is 2.27. The van der Waals surface area contributed by atoms with E-state index >= 15 is 0 Å². The minimum Gasteiger partial charge on any atom is -0.303 e.